The minimum absolute atomic E-state index is 0.131. The number of rotatable bonds is 9. The summed E-state index contributed by atoms with van der Waals surface area (Å²) >= 11 is 0. The molecular weight excluding hydrogens is 310 g/mol. The summed E-state index contributed by atoms with van der Waals surface area (Å²) in [7, 11) is 0. The van der Waals surface area contributed by atoms with Crippen LogP contribution in [0.3, 0.4) is 0 Å². The topological polar surface area (TPSA) is 40.5 Å². The lowest BCUT2D eigenvalue weighted by atomic mass is 9.84. The fraction of sp³-hybridized carbons (Fsp3) is 0.600. The Hall–Kier alpha value is -1.26. The maximum Gasteiger partial charge on any atom is 0.283 e. The molecule has 0 aliphatic heterocycles. The van der Waals surface area contributed by atoms with Gasteiger partial charge in [0.15, 0.2) is 5.60 Å². The monoisotopic (exact) mass is 338 g/mol. The first kappa shape index (κ1) is 19.1. The van der Waals surface area contributed by atoms with Gasteiger partial charge in [-0.2, -0.15) is 0 Å². The standard InChI is InChI=1S/C20H28F2O2/c1-4-13-20(21,22)19(3,24)17-11-9-16(10-12-17)18(2,23)14-5-6-15-7-8-15/h4,9-12,15,23-24H,1,5-8,13-14H2,2-3H3/t18?,19-/m0/s1. The van der Waals surface area contributed by atoms with E-state index in [0.717, 1.165) is 31.8 Å². The Morgan fingerprint density at radius 3 is 2.17 bits per heavy atom. The molecule has 2 atom stereocenters. The van der Waals surface area contributed by atoms with E-state index in [-0.39, 0.29) is 5.56 Å². The van der Waals surface area contributed by atoms with Crippen LogP contribution in [-0.4, -0.2) is 16.1 Å². The molecule has 134 valence electrons. The van der Waals surface area contributed by atoms with E-state index in [1.165, 1.54) is 25.0 Å². The summed E-state index contributed by atoms with van der Waals surface area (Å²) in [5.41, 5.74) is -2.45. The Morgan fingerprint density at radius 2 is 1.67 bits per heavy atom. The fourth-order valence-electron chi connectivity index (χ4n) is 3.03. The molecule has 2 rings (SSSR count). The molecule has 24 heavy (non-hydrogen) atoms. The van der Waals surface area contributed by atoms with Crippen molar-refractivity contribution in [1.82, 2.24) is 0 Å². The largest absolute Gasteiger partial charge is 0.385 e. The summed E-state index contributed by atoms with van der Waals surface area (Å²) < 4.78 is 28.2. The first-order valence-corrected chi connectivity index (χ1v) is 8.64. The van der Waals surface area contributed by atoms with Crippen molar-refractivity contribution in [3.63, 3.8) is 0 Å². The zero-order valence-corrected chi connectivity index (χ0v) is 14.6. The van der Waals surface area contributed by atoms with Crippen molar-refractivity contribution in [2.24, 2.45) is 5.92 Å². The van der Waals surface area contributed by atoms with Crippen LogP contribution >= 0.6 is 0 Å². The second-order valence-electron chi connectivity index (χ2n) is 7.46. The molecule has 0 saturated heterocycles. The number of allylic oxidation sites excluding steroid dienone is 1. The van der Waals surface area contributed by atoms with Crippen molar-refractivity contribution < 1.29 is 19.0 Å². The summed E-state index contributed by atoms with van der Waals surface area (Å²) in [4.78, 5) is 0. The Balaban J connectivity index is 2.09. The van der Waals surface area contributed by atoms with Crippen LogP contribution in [0.25, 0.3) is 0 Å². The first-order valence-electron chi connectivity index (χ1n) is 8.64. The lowest BCUT2D eigenvalue weighted by molar-refractivity contribution is -0.175. The molecule has 1 aromatic rings. The van der Waals surface area contributed by atoms with Crippen LogP contribution in [0.5, 0.6) is 0 Å². The van der Waals surface area contributed by atoms with Crippen LogP contribution in [0.1, 0.15) is 63.5 Å². The Morgan fingerprint density at radius 1 is 1.12 bits per heavy atom. The number of hydrogen-bond donors (Lipinski definition) is 2. The van der Waals surface area contributed by atoms with Gasteiger partial charge in [0.25, 0.3) is 5.92 Å². The number of alkyl halides is 2. The van der Waals surface area contributed by atoms with Crippen LogP contribution in [0.15, 0.2) is 36.9 Å². The van der Waals surface area contributed by atoms with Crippen LogP contribution in [0.2, 0.25) is 0 Å². The molecule has 1 aliphatic rings. The van der Waals surface area contributed by atoms with Crippen LogP contribution in [0, 0.1) is 5.92 Å². The summed E-state index contributed by atoms with van der Waals surface area (Å²) in [6.07, 6.45) is 5.83. The van der Waals surface area contributed by atoms with Crippen molar-refractivity contribution in [3.8, 4) is 0 Å². The van der Waals surface area contributed by atoms with Gasteiger partial charge in [-0.1, -0.05) is 49.6 Å². The van der Waals surface area contributed by atoms with Crippen molar-refractivity contribution in [1.29, 1.82) is 0 Å². The van der Waals surface area contributed by atoms with Gasteiger partial charge in [0.05, 0.1) is 5.60 Å². The second kappa shape index (κ2) is 6.93. The van der Waals surface area contributed by atoms with Gasteiger partial charge in [0.1, 0.15) is 0 Å². The van der Waals surface area contributed by atoms with Gasteiger partial charge in [-0.25, -0.2) is 8.78 Å². The molecule has 2 nitrogen and oxygen atoms in total. The van der Waals surface area contributed by atoms with E-state index >= 15 is 0 Å². The highest BCUT2D eigenvalue weighted by Crippen LogP contribution is 2.41. The number of benzene rings is 1. The predicted octanol–water partition coefficient (Wildman–Crippen LogP) is 4.89. The van der Waals surface area contributed by atoms with Crippen molar-refractivity contribution in [2.45, 2.75) is 69.5 Å². The molecule has 0 bridgehead atoms. The zero-order valence-electron chi connectivity index (χ0n) is 14.6. The third-order valence-corrected chi connectivity index (χ3v) is 5.15. The lowest BCUT2D eigenvalue weighted by Gasteiger charge is -2.33. The van der Waals surface area contributed by atoms with E-state index < -0.39 is 23.5 Å². The molecule has 4 heteroatoms. The van der Waals surface area contributed by atoms with Crippen LogP contribution < -0.4 is 0 Å². The van der Waals surface area contributed by atoms with Crippen LogP contribution in [0.4, 0.5) is 8.78 Å². The molecule has 1 saturated carbocycles. The summed E-state index contributed by atoms with van der Waals surface area (Å²) in [6, 6.07) is 6.21. The third kappa shape index (κ3) is 4.22. The maximum atomic E-state index is 14.1. The summed E-state index contributed by atoms with van der Waals surface area (Å²) in [6.45, 7) is 6.18. The molecule has 1 unspecified atom stereocenters. The quantitative estimate of drug-likeness (QED) is 0.629. The molecule has 0 amide bonds. The molecular formula is C20H28F2O2. The SMILES string of the molecule is C=CCC(F)(F)[C@@](C)(O)c1ccc(C(C)(O)CCCC2CC2)cc1. The maximum absolute atomic E-state index is 14.1. The van der Waals surface area contributed by atoms with E-state index in [1.54, 1.807) is 19.1 Å². The highest BCUT2D eigenvalue weighted by atomic mass is 19.3. The molecule has 1 aromatic carbocycles. The molecule has 0 radical (unpaired) electrons. The van der Waals surface area contributed by atoms with Crippen molar-refractivity contribution >= 4 is 0 Å². The third-order valence-electron chi connectivity index (χ3n) is 5.15. The van der Waals surface area contributed by atoms with Crippen LogP contribution in [-0.2, 0) is 11.2 Å². The predicted molar refractivity (Wildman–Crippen MR) is 91.9 cm³/mol. The Bertz CT molecular complexity index is 558. The van der Waals surface area contributed by atoms with Gasteiger partial charge in [-0.15, -0.1) is 6.58 Å². The van der Waals surface area contributed by atoms with Crippen molar-refractivity contribution in [3.05, 3.63) is 48.0 Å². The minimum Gasteiger partial charge on any atom is -0.385 e. The molecule has 1 aliphatic carbocycles. The van der Waals surface area contributed by atoms with Gasteiger partial charge in [-0.3, -0.25) is 0 Å². The summed E-state index contributed by atoms with van der Waals surface area (Å²) in [5.74, 6) is -2.48. The number of aliphatic hydroxyl groups is 2. The highest BCUT2D eigenvalue weighted by molar-refractivity contribution is 5.31. The average molecular weight is 338 g/mol. The van der Waals surface area contributed by atoms with E-state index in [9.17, 15) is 19.0 Å². The van der Waals surface area contributed by atoms with E-state index in [1.807, 2.05) is 0 Å². The highest BCUT2D eigenvalue weighted by Gasteiger charge is 2.49. The van der Waals surface area contributed by atoms with Gasteiger partial charge in [0.2, 0.25) is 0 Å². The van der Waals surface area contributed by atoms with Crippen molar-refractivity contribution in [2.75, 3.05) is 0 Å². The smallest absolute Gasteiger partial charge is 0.283 e. The van der Waals surface area contributed by atoms with Gasteiger partial charge in [-0.05, 0) is 43.7 Å². The number of halogens is 2. The minimum atomic E-state index is -3.30. The van der Waals surface area contributed by atoms with E-state index in [4.69, 9.17) is 0 Å². The van der Waals surface area contributed by atoms with Gasteiger partial charge >= 0.3 is 0 Å². The Kier molecular flexibility index (Phi) is 5.50. The van der Waals surface area contributed by atoms with E-state index in [2.05, 4.69) is 6.58 Å². The molecule has 0 spiro atoms. The average Bonchev–Trinajstić information content (AvgIpc) is 3.31. The molecule has 2 N–H and O–H groups in total. The molecule has 0 heterocycles. The zero-order chi connectivity index (χ0) is 18.0. The summed E-state index contributed by atoms with van der Waals surface area (Å²) in [5, 5.41) is 20.9. The van der Waals surface area contributed by atoms with Gasteiger partial charge in [0, 0.05) is 6.42 Å². The fourth-order valence-corrected chi connectivity index (χ4v) is 3.03. The van der Waals surface area contributed by atoms with Gasteiger partial charge < -0.3 is 10.2 Å². The lowest BCUT2D eigenvalue weighted by Crippen LogP contribution is -2.42. The normalized spacial score (nSPS) is 20.2. The van der Waals surface area contributed by atoms with E-state index in [0.29, 0.717) is 12.0 Å². The number of hydrogen-bond acceptors (Lipinski definition) is 2. The Labute approximate surface area is 143 Å². The molecule has 0 aromatic heterocycles. The molecule has 1 fully saturated rings. The second-order valence-corrected chi connectivity index (χ2v) is 7.46. The first-order chi connectivity index (χ1) is 11.1.